The lowest BCUT2D eigenvalue weighted by Gasteiger charge is -1.95. The van der Waals surface area contributed by atoms with Crippen molar-refractivity contribution in [1.82, 2.24) is 5.32 Å². The van der Waals surface area contributed by atoms with Crippen molar-refractivity contribution < 1.29 is 0 Å². The highest BCUT2D eigenvalue weighted by atomic mass is 14.8. The van der Waals surface area contributed by atoms with Crippen molar-refractivity contribution in [3.05, 3.63) is 6.92 Å². The molecule has 43 valence electrons. The third-order valence-electron chi connectivity index (χ3n) is 0.780. The highest BCUT2D eigenvalue weighted by Crippen LogP contribution is 1.71. The van der Waals surface area contributed by atoms with Gasteiger partial charge < -0.3 is 5.32 Å². The zero-order chi connectivity index (χ0) is 5.54. The van der Waals surface area contributed by atoms with Gasteiger partial charge in [-0.1, -0.05) is 13.8 Å². The normalized spacial score (nSPS) is 9.43. The van der Waals surface area contributed by atoms with Crippen molar-refractivity contribution in [3.8, 4) is 0 Å². The molecule has 0 unspecified atom stereocenters. The Morgan fingerprint density at radius 2 is 2.14 bits per heavy atom. The lowest BCUT2D eigenvalue weighted by atomic mass is 10.4. The van der Waals surface area contributed by atoms with Gasteiger partial charge in [0.15, 0.2) is 0 Å². The predicted octanol–water partition coefficient (Wildman–Crippen LogP) is 1.21. The first-order chi connectivity index (χ1) is 3.41. The van der Waals surface area contributed by atoms with Gasteiger partial charge in [0, 0.05) is 0 Å². The van der Waals surface area contributed by atoms with E-state index in [1.165, 1.54) is 6.42 Å². The largest absolute Gasteiger partial charge is 0.317 e. The van der Waals surface area contributed by atoms with Gasteiger partial charge in [-0.25, -0.2) is 0 Å². The van der Waals surface area contributed by atoms with Crippen LogP contribution < -0.4 is 5.32 Å². The first kappa shape index (κ1) is 6.96. The molecule has 0 aromatic rings. The molecule has 0 saturated carbocycles. The molecule has 0 spiro atoms. The average molecular weight is 100 g/mol. The molecule has 0 rings (SSSR count). The van der Waals surface area contributed by atoms with Crippen LogP contribution in [0.5, 0.6) is 0 Å². The molecular weight excluding hydrogens is 86.1 g/mol. The SMILES string of the molecule is [CH2]CCNCCC. The summed E-state index contributed by atoms with van der Waals surface area (Å²) in [4.78, 5) is 0. The minimum atomic E-state index is 1.00. The molecule has 0 aromatic heterocycles. The maximum Gasteiger partial charge on any atom is -0.00489 e. The predicted molar refractivity (Wildman–Crippen MR) is 33.1 cm³/mol. The third kappa shape index (κ3) is 5.96. The first-order valence-electron chi connectivity index (χ1n) is 2.91. The molecule has 1 heteroatoms. The van der Waals surface area contributed by atoms with Crippen LogP contribution >= 0.6 is 0 Å². The molecule has 0 aliphatic heterocycles. The van der Waals surface area contributed by atoms with E-state index in [0.717, 1.165) is 19.5 Å². The summed E-state index contributed by atoms with van der Waals surface area (Å²) in [5, 5.41) is 3.22. The van der Waals surface area contributed by atoms with Gasteiger partial charge in [-0.3, -0.25) is 0 Å². The van der Waals surface area contributed by atoms with Crippen LogP contribution in [0.4, 0.5) is 0 Å². The maximum absolute atomic E-state index is 3.69. The standard InChI is InChI=1S/C6H14N/c1-3-5-7-6-4-2/h7H,1,3-6H2,2H3. The summed E-state index contributed by atoms with van der Waals surface area (Å²) in [5.41, 5.74) is 0. The Hall–Kier alpha value is -0.0400. The fraction of sp³-hybridized carbons (Fsp3) is 0.833. The van der Waals surface area contributed by atoms with Crippen LogP contribution in [0.3, 0.4) is 0 Å². The van der Waals surface area contributed by atoms with Crippen molar-refractivity contribution in [2.24, 2.45) is 0 Å². The number of rotatable bonds is 4. The molecule has 0 bridgehead atoms. The third-order valence-corrected chi connectivity index (χ3v) is 0.780. The van der Waals surface area contributed by atoms with Gasteiger partial charge in [0.05, 0.1) is 0 Å². The summed E-state index contributed by atoms with van der Waals surface area (Å²) in [6, 6.07) is 0. The lowest BCUT2D eigenvalue weighted by molar-refractivity contribution is 0.677. The Balaban J connectivity index is 2.45. The van der Waals surface area contributed by atoms with Crippen molar-refractivity contribution in [3.63, 3.8) is 0 Å². The zero-order valence-electron chi connectivity index (χ0n) is 5.04. The van der Waals surface area contributed by atoms with Gasteiger partial charge in [0.2, 0.25) is 0 Å². The van der Waals surface area contributed by atoms with Crippen molar-refractivity contribution in [2.75, 3.05) is 13.1 Å². The van der Waals surface area contributed by atoms with Gasteiger partial charge in [-0.2, -0.15) is 0 Å². The highest BCUT2D eigenvalue weighted by molar-refractivity contribution is 4.45. The minimum Gasteiger partial charge on any atom is -0.317 e. The average Bonchev–Trinajstić information content (AvgIpc) is 1.69. The molecule has 0 aromatic carbocycles. The van der Waals surface area contributed by atoms with Gasteiger partial charge >= 0.3 is 0 Å². The van der Waals surface area contributed by atoms with Gasteiger partial charge in [-0.05, 0) is 25.9 Å². The van der Waals surface area contributed by atoms with E-state index in [9.17, 15) is 0 Å². The second-order valence-corrected chi connectivity index (χ2v) is 1.60. The minimum absolute atomic E-state index is 1.00. The Labute approximate surface area is 46.1 Å². The van der Waals surface area contributed by atoms with Crippen LogP contribution in [0, 0.1) is 6.92 Å². The van der Waals surface area contributed by atoms with Crippen LogP contribution in [0.25, 0.3) is 0 Å². The van der Waals surface area contributed by atoms with E-state index in [4.69, 9.17) is 0 Å². The fourth-order valence-electron chi connectivity index (χ4n) is 0.427. The summed E-state index contributed by atoms with van der Waals surface area (Å²) < 4.78 is 0. The fourth-order valence-corrected chi connectivity index (χ4v) is 0.427. The molecule has 1 radical (unpaired) electrons. The van der Waals surface area contributed by atoms with Gasteiger partial charge in [0.1, 0.15) is 0 Å². The quantitative estimate of drug-likeness (QED) is 0.524. The van der Waals surface area contributed by atoms with Gasteiger partial charge in [0.25, 0.3) is 0 Å². The monoisotopic (exact) mass is 100 g/mol. The van der Waals surface area contributed by atoms with Crippen LogP contribution in [-0.4, -0.2) is 13.1 Å². The van der Waals surface area contributed by atoms with Crippen molar-refractivity contribution in [2.45, 2.75) is 19.8 Å². The second kappa shape index (κ2) is 5.96. The molecular formula is C6H14N. The number of nitrogens with one attached hydrogen (secondary N) is 1. The molecule has 1 N–H and O–H groups in total. The van der Waals surface area contributed by atoms with Gasteiger partial charge in [-0.15, -0.1) is 0 Å². The molecule has 0 aliphatic carbocycles. The molecule has 0 saturated heterocycles. The Bertz CT molecular complexity index is 23.4. The van der Waals surface area contributed by atoms with E-state index >= 15 is 0 Å². The van der Waals surface area contributed by atoms with E-state index in [0.29, 0.717) is 0 Å². The Morgan fingerprint density at radius 3 is 2.57 bits per heavy atom. The molecule has 0 fully saturated rings. The van der Waals surface area contributed by atoms with Crippen molar-refractivity contribution in [1.29, 1.82) is 0 Å². The van der Waals surface area contributed by atoms with Crippen LogP contribution in [-0.2, 0) is 0 Å². The molecule has 0 atom stereocenters. The van der Waals surface area contributed by atoms with Crippen LogP contribution in [0.1, 0.15) is 19.8 Å². The highest BCUT2D eigenvalue weighted by Gasteiger charge is 1.76. The first-order valence-corrected chi connectivity index (χ1v) is 2.91. The Morgan fingerprint density at radius 1 is 1.43 bits per heavy atom. The van der Waals surface area contributed by atoms with Crippen LogP contribution in [0.2, 0.25) is 0 Å². The molecule has 1 nitrogen and oxygen atoms in total. The van der Waals surface area contributed by atoms with Crippen molar-refractivity contribution >= 4 is 0 Å². The number of hydrogen-bond donors (Lipinski definition) is 1. The van der Waals surface area contributed by atoms with E-state index in [2.05, 4.69) is 19.2 Å². The van der Waals surface area contributed by atoms with E-state index in [1.54, 1.807) is 0 Å². The second-order valence-electron chi connectivity index (χ2n) is 1.60. The van der Waals surface area contributed by atoms with E-state index < -0.39 is 0 Å². The molecule has 0 aliphatic rings. The summed E-state index contributed by atoms with van der Waals surface area (Å²) in [7, 11) is 0. The Kier molecular flexibility index (Phi) is 5.93. The molecule has 0 amide bonds. The molecule has 0 heterocycles. The summed E-state index contributed by atoms with van der Waals surface area (Å²) in [6.07, 6.45) is 2.22. The summed E-state index contributed by atoms with van der Waals surface area (Å²) in [5.74, 6) is 0. The smallest absolute Gasteiger partial charge is 0.00489 e. The van der Waals surface area contributed by atoms with E-state index in [-0.39, 0.29) is 0 Å². The molecule has 7 heavy (non-hydrogen) atoms. The summed E-state index contributed by atoms with van der Waals surface area (Å²) >= 11 is 0. The lowest BCUT2D eigenvalue weighted by Crippen LogP contribution is -2.14. The number of hydrogen-bond acceptors (Lipinski definition) is 1. The zero-order valence-corrected chi connectivity index (χ0v) is 5.04. The maximum atomic E-state index is 3.69. The van der Waals surface area contributed by atoms with E-state index in [1.807, 2.05) is 0 Å². The van der Waals surface area contributed by atoms with Crippen LogP contribution in [0.15, 0.2) is 0 Å². The topological polar surface area (TPSA) is 12.0 Å². The summed E-state index contributed by atoms with van der Waals surface area (Å²) in [6.45, 7) is 8.06.